The summed E-state index contributed by atoms with van der Waals surface area (Å²) in [6.07, 6.45) is 0.926. The highest BCUT2D eigenvalue weighted by Gasteiger charge is 2.36. The maximum Gasteiger partial charge on any atom is 0.241 e. The summed E-state index contributed by atoms with van der Waals surface area (Å²) in [5.41, 5.74) is 5.63. The van der Waals surface area contributed by atoms with Gasteiger partial charge >= 0.3 is 0 Å². The second-order valence-electron chi connectivity index (χ2n) is 6.02. The van der Waals surface area contributed by atoms with Crippen molar-refractivity contribution in [3.63, 3.8) is 0 Å². The Morgan fingerprint density at radius 3 is 2.86 bits per heavy atom. The summed E-state index contributed by atoms with van der Waals surface area (Å²) in [7, 11) is 0. The zero-order valence-corrected chi connectivity index (χ0v) is 12.3. The molecule has 1 aliphatic rings. The predicted molar refractivity (Wildman–Crippen MR) is 77.8 cm³/mol. The standard InChI is InChI=1S/C15H21F2N3O/c1-10(20-6-5-15(2,8-18)9-20)14(21)19-13-7-11(16)3-4-12(13)17/h3-4,7,10H,5-6,8-9,18H2,1-2H3,(H,19,21). The van der Waals surface area contributed by atoms with Crippen LogP contribution in [0.15, 0.2) is 18.2 Å². The zero-order chi connectivity index (χ0) is 15.6. The van der Waals surface area contributed by atoms with E-state index in [1.165, 1.54) is 0 Å². The lowest BCUT2D eigenvalue weighted by molar-refractivity contribution is -0.120. The van der Waals surface area contributed by atoms with Crippen LogP contribution in [0.2, 0.25) is 0 Å². The van der Waals surface area contributed by atoms with Gasteiger partial charge in [0.05, 0.1) is 11.7 Å². The highest BCUT2D eigenvalue weighted by atomic mass is 19.1. The molecule has 0 aromatic heterocycles. The first-order valence-electron chi connectivity index (χ1n) is 7.05. The minimum Gasteiger partial charge on any atom is -0.330 e. The average molecular weight is 297 g/mol. The number of halogens is 2. The van der Waals surface area contributed by atoms with Gasteiger partial charge in [0.15, 0.2) is 0 Å². The third-order valence-corrected chi connectivity index (χ3v) is 4.19. The van der Waals surface area contributed by atoms with E-state index in [0.717, 1.165) is 37.7 Å². The van der Waals surface area contributed by atoms with Crippen LogP contribution >= 0.6 is 0 Å². The van der Waals surface area contributed by atoms with Crippen LogP contribution in [-0.2, 0) is 4.79 Å². The minimum atomic E-state index is -0.648. The molecule has 2 unspecified atom stereocenters. The van der Waals surface area contributed by atoms with E-state index in [1.807, 2.05) is 4.90 Å². The molecular formula is C15H21F2N3O. The number of nitrogens with zero attached hydrogens (tertiary/aromatic N) is 1. The minimum absolute atomic E-state index is 0.0125. The smallest absolute Gasteiger partial charge is 0.241 e. The average Bonchev–Trinajstić information content (AvgIpc) is 2.85. The van der Waals surface area contributed by atoms with E-state index in [0.29, 0.717) is 6.54 Å². The molecule has 1 saturated heterocycles. The zero-order valence-electron chi connectivity index (χ0n) is 12.3. The molecule has 2 atom stereocenters. The van der Waals surface area contributed by atoms with Crippen LogP contribution < -0.4 is 11.1 Å². The second-order valence-corrected chi connectivity index (χ2v) is 6.02. The van der Waals surface area contributed by atoms with Gasteiger partial charge in [0.25, 0.3) is 0 Å². The summed E-state index contributed by atoms with van der Waals surface area (Å²) in [4.78, 5) is 14.2. The topological polar surface area (TPSA) is 58.4 Å². The number of hydrogen-bond acceptors (Lipinski definition) is 3. The van der Waals surface area contributed by atoms with E-state index in [1.54, 1.807) is 6.92 Å². The van der Waals surface area contributed by atoms with Crippen molar-refractivity contribution < 1.29 is 13.6 Å². The molecule has 1 aromatic carbocycles. The van der Waals surface area contributed by atoms with Crippen LogP contribution in [0.3, 0.4) is 0 Å². The molecule has 6 heteroatoms. The van der Waals surface area contributed by atoms with Crippen LogP contribution in [0.25, 0.3) is 0 Å². The van der Waals surface area contributed by atoms with Gasteiger partial charge in [-0.2, -0.15) is 0 Å². The van der Waals surface area contributed by atoms with Crippen molar-refractivity contribution in [2.24, 2.45) is 11.1 Å². The third kappa shape index (κ3) is 3.57. The van der Waals surface area contributed by atoms with E-state index >= 15 is 0 Å². The summed E-state index contributed by atoms with van der Waals surface area (Å²) >= 11 is 0. The highest BCUT2D eigenvalue weighted by molar-refractivity contribution is 5.94. The molecule has 21 heavy (non-hydrogen) atoms. The molecule has 1 aliphatic heterocycles. The summed E-state index contributed by atoms with van der Waals surface area (Å²) in [6, 6.07) is 2.58. The lowest BCUT2D eigenvalue weighted by Gasteiger charge is -2.26. The molecule has 0 saturated carbocycles. The van der Waals surface area contributed by atoms with Crippen LogP contribution in [0.5, 0.6) is 0 Å². The van der Waals surface area contributed by atoms with Gasteiger partial charge in [0.1, 0.15) is 11.6 Å². The number of benzene rings is 1. The van der Waals surface area contributed by atoms with Crippen molar-refractivity contribution in [2.75, 3.05) is 25.0 Å². The summed E-state index contributed by atoms with van der Waals surface area (Å²) < 4.78 is 26.6. The number of hydrogen-bond donors (Lipinski definition) is 2. The van der Waals surface area contributed by atoms with Crippen molar-refractivity contribution in [1.29, 1.82) is 0 Å². The monoisotopic (exact) mass is 297 g/mol. The van der Waals surface area contributed by atoms with Crippen LogP contribution in [0, 0.1) is 17.0 Å². The predicted octanol–water partition coefficient (Wildman–Crippen LogP) is 1.96. The SMILES string of the molecule is CC(C(=O)Nc1cc(F)ccc1F)N1CCC(C)(CN)C1. The Kier molecular flexibility index (Phi) is 4.58. The van der Waals surface area contributed by atoms with Crippen molar-refractivity contribution in [1.82, 2.24) is 4.90 Å². The number of rotatable bonds is 4. The number of amides is 1. The van der Waals surface area contributed by atoms with E-state index in [4.69, 9.17) is 5.73 Å². The van der Waals surface area contributed by atoms with Crippen LogP contribution in [0.4, 0.5) is 14.5 Å². The number of carbonyl (C=O) groups is 1. The molecule has 2 rings (SSSR count). The van der Waals surface area contributed by atoms with E-state index < -0.39 is 17.7 Å². The fourth-order valence-corrected chi connectivity index (χ4v) is 2.56. The van der Waals surface area contributed by atoms with E-state index in [-0.39, 0.29) is 17.0 Å². The first-order chi connectivity index (χ1) is 9.84. The van der Waals surface area contributed by atoms with Gasteiger partial charge in [-0.15, -0.1) is 0 Å². The Bertz CT molecular complexity index is 538. The Hall–Kier alpha value is -1.53. The highest BCUT2D eigenvalue weighted by Crippen LogP contribution is 2.30. The van der Waals surface area contributed by atoms with Crippen LogP contribution in [0.1, 0.15) is 20.3 Å². The first-order valence-corrected chi connectivity index (χ1v) is 7.05. The number of nitrogens with two attached hydrogens (primary N) is 1. The molecule has 0 bridgehead atoms. The Morgan fingerprint density at radius 1 is 1.52 bits per heavy atom. The van der Waals surface area contributed by atoms with Gasteiger partial charge in [-0.3, -0.25) is 9.69 Å². The largest absolute Gasteiger partial charge is 0.330 e. The molecule has 1 aromatic rings. The number of carbonyl (C=O) groups excluding carboxylic acids is 1. The molecule has 116 valence electrons. The summed E-state index contributed by atoms with van der Waals surface area (Å²) in [5.74, 6) is -1.58. The van der Waals surface area contributed by atoms with Gasteiger partial charge in [0.2, 0.25) is 5.91 Å². The first kappa shape index (κ1) is 15.9. The van der Waals surface area contributed by atoms with Gasteiger partial charge in [-0.1, -0.05) is 6.92 Å². The lowest BCUT2D eigenvalue weighted by Crippen LogP contribution is -2.42. The Balaban J connectivity index is 2.02. The fraction of sp³-hybridized carbons (Fsp3) is 0.533. The third-order valence-electron chi connectivity index (χ3n) is 4.19. The molecule has 1 fully saturated rings. The van der Waals surface area contributed by atoms with Crippen molar-refractivity contribution in [3.05, 3.63) is 29.8 Å². The second kappa shape index (κ2) is 6.07. The molecule has 0 aliphatic carbocycles. The molecule has 0 spiro atoms. The van der Waals surface area contributed by atoms with Gasteiger partial charge in [-0.05, 0) is 44.0 Å². The Morgan fingerprint density at radius 2 is 2.24 bits per heavy atom. The lowest BCUT2D eigenvalue weighted by atomic mass is 9.90. The Labute approximate surface area is 123 Å². The fourth-order valence-electron chi connectivity index (χ4n) is 2.56. The molecule has 4 nitrogen and oxygen atoms in total. The van der Waals surface area contributed by atoms with Crippen LogP contribution in [-0.4, -0.2) is 36.5 Å². The molecular weight excluding hydrogens is 276 g/mol. The van der Waals surface area contributed by atoms with E-state index in [2.05, 4.69) is 12.2 Å². The molecule has 0 radical (unpaired) electrons. The van der Waals surface area contributed by atoms with Gasteiger partial charge < -0.3 is 11.1 Å². The normalized spacial score (nSPS) is 24.0. The molecule has 1 amide bonds. The summed E-state index contributed by atoms with van der Waals surface area (Å²) in [5, 5.41) is 2.45. The number of anilines is 1. The van der Waals surface area contributed by atoms with Crippen molar-refractivity contribution >= 4 is 11.6 Å². The van der Waals surface area contributed by atoms with Crippen molar-refractivity contribution in [2.45, 2.75) is 26.3 Å². The quantitative estimate of drug-likeness (QED) is 0.893. The summed E-state index contributed by atoms with van der Waals surface area (Å²) in [6.45, 7) is 5.91. The number of nitrogens with one attached hydrogen (secondary N) is 1. The van der Waals surface area contributed by atoms with Gasteiger partial charge in [-0.25, -0.2) is 8.78 Å². The molecule has 3 N–H and O–H groups in total. The van der Waals surface area contributed by atoms with Crippen molar-refractivity contribution in [3.8, 4) is 0 Å². The van der Waals surface area contributed by atoms with Gasteiger partial charge in [0, 0.05) is 12.6 Å². The number of likely N-dealkylation sites (tertiary alicyclic amines) is 1. The van der Waals surface area contributed by atoms with E-state index in [9.17, 15) is 13.6 Å². The maximum absolute atomic E-state index is 13.5. The molecule has 1 heterocycles. The maximum atomic E-state index is 13.5.